The van der Waals surface area contributed by atoms with Gasteiger partial charge in [-0.2, -0.15) is 0 Å². The van der Waals surface area contributed by atoms with E-state index in [1.54, 1.807) is 12.1 Å². The summed E-state index contributed by atoms with van der Waals surface area (Å²) in [5.41, 5.74) is 1.36. The number of ketones is 1. The predicted molar refractivity (Wildman–Crippen MR) is 113 cm³/mol. The summed E-state index contributed by atoms with van der Waals surface area (Å²) in [4.78, 5) is 27.1. The van der Waals surface area contributed by atoms with E-state index in [2.05, 4.69) is 18.7 Å². The first-order valence-electron chi connectivity index (χ1n) is 10.2. The number of rotatable bonds is 12. The molecule has 0 aliphatic carbocycles. The lowest BCUT2D eigenvalue weighted by molar-refractivity contribution is 0.0497. The van der Waals surface area contributed by atoms with Crippen LogP contribution in [0.5, 0.6) is 0 Å². The van der Waals surface area contributed by atoms with Crippen molar-refractivity contribution in [2.45, 2.75) is 45.6 Å². The molecular weight excluding hydrogens is 350 g/mol. The number of carbonyl (C=O) groups is 2. The quantitative estimate of drug-likeness (QED) is 0.295. The molecule has 0 bridgehead atoms. The molecule has 0 saturated carbocycles. The van der Waals surface area contributed by atoms with E-state index in [-0.39, 0.29) is 17.8 Å². The second kappa shape index (κ2) is 12.1. The Kier molecular flexibility index (Phi) is 9.43. The summed E-state index contributed by atoms with van der Waals surface area (Å²) in [6.45, 7) is 6.31. The molecule has 2 rings (SSSR count). The third kappa shape index (κ3) is 6.61. The molecule has 0 saturated heterocycles. The fourth-order valence-electron chi connectivity index (χ4n) is 3.38. The molecule has 4 heteroatoms. The van der Waals surface area contributed by atoms with Gasteiger partial charge in [-0.25, -0.2) is 4.79 Å². The summed E-state index contributed by atoms with van der Waals surface area (Å²) >= 11 is 0. The van der Waals surface area contributed by atoms with Crippen molar-refractivity contribution in [3.63, 3.8) is 0 Å². The van der Waals surface area contributed by atoms with E-state index in [0.29, 0.717) is 12.2 Å². The first-order chi connectivity index (χ1) is 13.7. The monoisotopic (exact) mass is 381 g/mol. The van der Waals surface area contributed by atoms with Gasteiger partial charge in [-0.15, -0.1) is 0 Å². The van der Waals surface area contributed by atoms with E-state index in [0.717, 1.165) is 44.3 Å². The van der Waals surface area contributed by atoms with Gasteiger partial charge < -0.3 is 4.74 Å². The molecule has 0 radical (unpaired) electrons. The summed E-state index contributed by atoms with van der Waals surface area (Å²) in [5.74, 6) is -0.0827. The van der Waals surface area contributed by atoms with Crippen LogP contribution in [0.1, 0.15) is 60.2 Å². The second-order valence-electron chi connectivity index (χ2n) is 6.82. The molecule has 4 nitrogen and oxygen atoms in total. The fraction of sp³-hybridized carbons (Fsp3) is 0.417. The number of likely N-dealkylation sites (N-methyl/N-ethyl adjacent to an activating group) is 1. The van der Waals surface area contributed by atoms with E-state index >= 15 is 0 Å². The Hall–Kier alpha value is -2.46. The molecule has 0 heterocycles. The van der Waals surface area contributed by atoms with Crippen LogP contribution in [-0.4, -0.2) is 42.4 Å². The Balaban J connectivity index is 1.78. The van der Waals surface area contributed by atoms with Crippen LogP contribution in [0.3, 0.4) is 0 Å². The summed E-state index contributed by atoms with van der Waals surface area (Å²) < 4.78 is 5.33. The first kappa shape index (κ1) is 21.8. The topological polar surface area (TPSA) is 46.6 Å². The molecule has 150 valence electrons. The van der Waals surface area contributed by atoms with Gasteiger partial charge in [0, 0.05) is 5.56 Å². The largest absolute Gasteiger partial charge is 0.462 e. The lowest BCUT2D eigenvalue weighted by atomic mass is 9.97. The molecular formula is C24H31NO3. The lowest BCUT2D eigenvalue weighted by Crippen LogP contribution is -2.41. The van der Waals surface area contributed by atoms with Crippen LogP contribution in [0.4, 0.5) is 0 Å². The number of ether oxygens (including phenoxy) is 1. The van der Waals surface area contributed by atoms with Gasteiger partial charge in [0.2, 0.25) is 0 Å². The minimum atomic E-state index is -0.277. The van der Waals surface area contributed by atoms with Crippen LogP contribution in [0, 0.1) is 0 Å². The Bertz CT molecular complexity index is 711. The van der Waals surface area contributed by atoms with Gasteiger partial charge in [0.05, 0.1) is 18.2 Å². The van der Waals surface area contributed by atoms with Gasteiger partial charge in [-0.05, 0) is 44.5 Å². The maximum atomic E-state index is 13.0. The first-order valence-corrected chi connectivity index (χ1v) is 10.2. The standard InChI is InChI=1S/C24H31NO3/c1-3-25(4-2)22(23(26)20-14-8-5-9-15-20)18-12-7-13-19-28-24(27)21-16-10-6-11-17-21/h5-6,8-11,14-17,22H,3-4,7,12-13,18-19H2,1-2H3. The van der Waals surface area contributed by atoms with E-state index in [4.69, 9.17) is 4.74 Å². The Morgan fingerprint density at radius 2 is 1.39 bits per heavy atom. The van der Waals surface area contributed by atoms with E-state index in [1.807, 2.05) is 48.5 Å². The van der Waals surface area contributed by atoms with Crippen LogP contribution in [-0.2, 0) is 4.74 Å². The normalized spacial score (nSPS) is 12.0. The fourth-order valence-corrected chi connectivity index (χ4v) is 3.38. The minimum absolute atomic E-state index is 0.0933. The maximum Gasteiger partial charge on any atom is 0.338 e. The summed E-state index contributed by atoms with van der Waals surface area (Å²) in [6.07, 6.45) is 3.50. The van der Waals surface area contributed by atoms with Crippen molar-refractivity contribution in [1.82, 2.24) is 4.90 Å². The summed E-state index contributed by atoms with van der Waals surface area (Å²) in [7, 11) is 0. The summed E-state index contributed by atoms with van der Waals surface area (Å²) in [6, 6.07) is 18.5. The number of hydrogen-bond donors (Lipinski definition) is 0. The van der Waals surface area contributed by atoms with Gasteiger partial charge in [0.1, 0.15) is 0 Å². The molecule has 0 amide bonds. The molecule has 0 spiro atoms. The second-order valence-corrected chi connectivity index (χ2v) is 6.82. The van der Waals surface area contributed by atoms with Crippen molar-refractivity contribution in [1.29, 1.82) is 0 Å². The average Bonchev–Trinajstić information content (AvgIpc) is 2.76. The number of nitrogens with zero attached hydrogens (tertiary/aromatic N) is 1. The smallest absolute Gasteiger partial charge is 0.338 e. The molecule has 0 aliphatic rings. The van der Waals surface area contributed by atoms with Crippen LogP contribution >= 0.6 is 0 Å². The van der Waals surface area contributed by atoms with Crippen molar-refractivity contribution in [3.8, 4) is 0 Å². The number of Topliss-reactive ketones (excluding diaryl/α,β-unsaturated/α-hetero) is 1. The van der Waals surface area contributed by atoms with Gasteiger partial charge in [-0.1, -0.05) is 68.8 Å². The molecule has 2 aromatic rings. The SMILES string of the molecule is CCN(CC)C(CCCCCOC(=O)c1ccccc1)C(=O)c1ccccc1. The van der Waals surface area contributed by atoms with Crippen LogP contribution < -0.4 is 0 Å². The molecule has 1 atom stereocenters. The Morgan fingerprint density at radius 3 is 1.96 bits per heavy atom. The van der Waals surface area contributed by atoms with E-state index < -0.39 is 0 Å². The van der Waals surface area contributed by atoms with Crippen LogP contribution in [0.25, 0.3) is 0 Å². The molecule has 1 unspecified atom stereocenters. The molecule has 0 N–H and O–H groups in total. The van der Waals surface area contributed by atoms with Gasteiger partial charge in [0.15, 0.2) is 5.78 Å². The van der Waals surface area contributed by atoms with E-state index in [9.17, 15) is 9.59 Å². The van der Waals surface area contributed by atoms with Gasteiger partial charge in [-0.3, -0.25) is 9.69 Å². The Morgan fingerprint density at radius 1 is 0.821 bits per heavy atom. The van der Waals surface area contributed by atoms with E-state index in [1.165, 1.54) is 0 Å². The zero-order valence-electron chi connectivity index (χ0n) is 17.0. The molecule has 0 aliphatic heterocycles. The predicted octanol–water partition coefficient (Wildman–Crippen LogP) is 5.00. The van der Waals surface area contributed by atoms with Crippen molar-refractivity contribution < 1.29 is 14.3 Å². The van der Waals surface area contributed by atoms with Gasteiger partial charge >= 0.3 is 5.97 Å². The Labute approximate surface area is 168 Å². The minimum Gasteiger partial charge on any atom is -0.462 e. The maximum absolute atomic E-state index is 13.0. The van der Waals surface area contributed by atoms with Crippen LogP contribution in [0.15, 0.2) is 60.7 Å². The van der Waals surface area contributed by atoms with Crippen molar-refractivity contribution in [3.05, 3.63) is 71.8 Å². The van der Waals surface area contributed by atoms with Gasteiger partial charge in [0.25, 0.3) is 0 Å². The zero-order chi connectivity index (χ0) is 20.2. The highest BCUT2D eigenvalue weighted by atomic mass is 16.5. The van der Waals surface area contributed by atoms with Crippen molar-refractivity contribution in [2.75, 3.05) is 19.7 Å². The van der Waals surface area contributed by atoms with Crippen molar-refractivity contribution in [2.24, 2.45) is 0 Å². The highest BCUT2D eigenvalue weighted by molar-refractivity contribution is 6.00. The highest BCUT2D eigenvalue weighted by Crippen LogP contribution is 2.16. The molecule has 28 heavy (non-hydrogen) atoms. The average molecular weight is 382 g/mol. The number of hydrogen-bond acceptors (Lipinski definition) is 4. The molecule has 0 aromatic heterocycles. The number of carbonyl (C=O) groups excluding carboxylic acids is 2. The number of unbranched alkanes of at least 4 members (excludes halogenated alkanes) is 2. The third-order valence-electron chi connectivity index (χ3n) is 4.98. The third-order valence-corrected chi connectivity index (χ3v) is 4.98. The zero-order valence-corrected chi connectivity index (χ0v) is 17.0. The lowest BCUT2D eigenvalue weighted by Gasteiger charge is -2.28. The number of benzene rings is 2. The summed E-state index contributed by atoms with van der Waals surface area (Å²) in [5, 5.41) is 0. The number of esters is 1. The highest BCUT2D eigenvalue weighted by Gasteiger charge is 2.24. The van der Waals surface area contributed by atoms with Crippen LogP contribution in [0.2, 0.25) is 0 Å². The molecule has 0 fully saturated rings. The van der Waals surface area contributed by atoms with Crippen molar-refractivity contribution >= 4 is 11.8 Å². The molecule has 2 aromatic carbocycles.